The summed E-state index contributed by atoms with van der Waals surface area (Å²) in [5.74, 6) is 0.892. The van der Waals surface area contributed by atoms with Crippen molar-refractivity contribution in [3.63, 3.8) is 0 Å². The van der Waals surface area contributed by atoms with Crippen LogP contribution in [0.5, 0.6) is 0 Å². The summed E-state index contributed by atoms with van der Waals surface area (Å²) >= 11 is 0. The van der Waals surface area contributed by atoms with Gasteiger partial charge >= 0.3 is 0 Å². The molecular formula is C14H22N6O2S. The second-order valence-electron chi connectivity index (χ2n) is 5.94. The molecule has 3 rings (SSSR count). The van der Waals surface area contributed by atoms with Gasteiger partial charge in [0.2, 0.25) is 10.0 Å². The number of sulfonamides is 1. The summed E-state index contributed by atoms with van der Waals surface area (Å²) in [6, 6.07) is 0.0898. The van der Waals surface area contributed by atoms with Crippen LogP contribution in [0.3, 0.4) is 0 Å². The Labute approximate surface area is 136 Å². The van der Waals surface area contributed by atoms with Gasteiger partial charge in [0, 0.05) is 26.6 Å². The third-order valence-corrected chi connectivity index (χ3v) is 6.64. The lowest BCUT2D eigenvalue weighted by molar-refractivity contribution is 0.446. The quantitative estimate of drug-likeness (QED) is 0.824. The zero-order valence-corrected chi connectivity index (χ0v) is 14.7. The van der Waals surface area contributed by atoms with Crippen LogP contribution in [0.15, 0.2) is 11.2 Å². The summed E-state index contributed by atoms with van der Waals surface area (Å²) < 4.78 is 31.1. The number of aromatic nitrogens is 5. The molecular weight excluding hydrogens is 316 g/mol. The van der Waals surface area contributed by atoms with E-state index in [0.29, 0.717) is 29.4 Å². The predicted octanol–water partition coefficient (Wildman–Crippen LogP) is 0.827. The standard InChI is InChI=1S/C14H22N6O2S/c1-5-13-16-15-9-20(13)12-6-7-19(8-12)23(21,22)14-10(2)17-18(4)11(14)3/h9,12H,5-8H2,1-4H3/t12-/m0/s1. The van der Waals surface area contributed by atoms with Gasteiger partial charge in [-0.1, -0.05) is 6.92 Å². The molecule has 0 N–H and O–H groups in total. The van der Waals surface area contributed by atoms with Gasteiger partial charge in [0.1, 0.15) is 17.0 Å². The molecule has 1 aliphatic heterocycles. The average Bonchev–Trinajstić information content (AvgIpc) is 3.19. The molecule has 0 unspecified atom stereocenters. The molecule has 2 aromatic rings. The second kappa shape index (κ2) is 5.72. The lowest BCUT2D eigenvalue weighted by Crippen LogP contribution is -2.30. The van der Waals surface area contributed by atoms with Crippen LogP contribution in [-0.2, 0) is 23.5 Å². The molecule has 3 heterocycles. The lowest BCUT2D eigenvalue weighted by Gasteiger charge is -2.18. The summed E-state index contributed by atoms with van der Waals surface area (Å²) in [4.78, 5) is 0.333. The fraction of sp³-hybridized carbons (Fsp3) is 0.643. The van der Waals surface area contributed by atoms with Crippen molar-refractivity contribution in [2.75, 3.05) is 13.1 Å². The van der Waals surface area contributed by atoms with Gasteiger partial charge in [0.15, 0.2) is 0 Å². The fourth-order valence-electron chi connectivity index (χ4n) is 3.24. The number of nitrogens with zero attached hydrogens (tertiary/aromatic N) is 6. The van der Waals surface area contributed by atoms with Crippen molar-refractivity contribution >= 4 is 10.0 Å². The van der Waals surface area contributed by atoms with Crippen molar-refractivity contribution in [3.05, 3.63) is 23.5 Å². The number of rotatable bonds is 4. The molecule has 1 aliphatic rings. The first-order chi connectivity index (χ1) is 10.9. The molecule has 0 spiro atoms. The highest BCUT2D eigenvalue weighted by Crippen LogP contribution is 2.30. The van der Waals surface area contributed by atoms with E-state index < -0.39 is 10.0 Å². The van der Waals surface area contributed by atoms with E-state index >= 15 is 0 Å². The fourth-order valence-corrected chi connectivity index (χ4v) is 5.13. The Morgan fingerprint density at radius 1 is 1.35 bits per heavy atom. The van der Waals surface area contributed by atoms with E-state index in [1.165, 1.54) is 0 Å². The first-order valence-electron chi connectivity index (χ1n) is 7.75. The molecule has 2 aromatic heterocycles. The molecule has 1 saturated heterocycles. The van der Waals surface area contributed by atoms with Gasteiger partial charge in [0.05, 0.1) is 17.4 Å². The van der Waals surface area contributed by atoms with Gasteiger partial charge < -0.3 is 4.57 Å². The average molecular weight is 338 g/mol. The predicted molar refractivity (Wildman–Crippen MR) is 84.5 cm³/mol. The topological polar surface area (TPSA) is 85.9 Å². The zero-order chi connectivity index (χ0) is 16.8. The third-order valence-electron chi connectivity index (χ3n) is 4.52. The van der Waals surface area contributed by atoms with Crippen LogP contribution in [0.2, 0.25) is 0 Å². The Kier molecular flexibility index (Phi) is 4.01. The van der Waals surface area contributed by atoms with Gasteiger partial charge in [-0.15, -0.1) is 10.2 Å². The van der Waals surface area contributed by atoms with Crippen molar-refractivity contribution in [2.45, 2.75) is 44.6 Å². The number of aryl methyl sites for hydroxylation is 3. The van der Waals surface area contributed by atoms with Gasteiger partial charge in [-0.25, -0.2) is 8.42 Å². The number of hydrogen-bond acceptors (Lipinski definition) is 5. The molecule has 0 radical (unpaired) electrons. The maximum absolute atomic E-state index is 13.0. The number of hydrogen-bond donors (Lipinski definition) is 0. The molecule has 1 fully saturated rings. The van der Waals surface area contributed by atoms with E-state index in [4.69, 9.17) is 0 Å². The minimum atomic E-state index is -3.53. The third kappa shape index (κ3) is 2.57. The Morgan fingerprint density at radius 3 is 2.70 bits per heavy atom. The summed E-state index contributed by atoms with van der Waals surface area (Å²) in [5.41, 5.74) is 1.22. The van der Waals surface area contributed by atoms with Crippen LogP contribution >= 0.6 is 0 Å². The van der Waals surface area contributed by atoms with E-state index in [1.807, 2.05) is 11.5 Å². The van der Waals surface area contributed by atoms with E-state index in [-0.39, 0.29) is 6.04 Å². The van der Waals surface area contributed by atoms with Crippen molar-refractivity contribution < 1.29 is 8.42 Å². The molecule has 0 aromatic carbocycles. The van der Waals surface area contributed by atoms with E-state index in [2.05, 4.69) is 15.3 Å². The molecule has 8 nitrogen and oxygen atoms in total. The highest BCUT2D eigenvalue weighted by Gasteiger charge is 2.36. The van der Waals surface area contributed by atoms with Gasteiger partial charge in [-0.2, -0.15) is 9.40 Å². The highest BCUT2D eigenvalue weighted by molar-refractivity contribution is 7.89. The highest BCUT2D eigenvalue weighted by atomic mass is 32.2. The normalized spacial score (nSPS) is 19.6. The Hall–Kier alpha value is -1.74. The van der Waals surface area contributed by atoms with Crippen molar-refractivity contribution in [2.24, 2.45) is 7.05 Å². The molecule has 126 valence electrons. The molecule has 0 aliphatic carbocycles. The van der Waals surface area contributed by atoms with Gasteiger partial charge in [0.25, 0.3) is 0 Å². The van der Waals surface area contributed by atoms with Crippen LogP contribution in [0.25, 0.3) is 0 Å². The second-order valence-corrected chi connectivity index (χ2v) is 7.81. The van der Waals surface area contributed by atoms with Crippen LogP contribution in [0.4, 0.5) is 0 Å². The van der Waals surface area contributed by atoms with Crippen molar-refractivity contribution in [3.8, 4) is 0 Å². The Morgan fingerprint density at radius 2 is 2.09 bits per heavy atom. The summed E-state index contributed by atoms with van der Waals surface area (Å²) in [5, 5.41) is 12.3. The molecule has 0 bridgehead atoms. The van der Waals surface area contributed by atoms with Crippen molar-refractivity contribution in [1.82, 2.24) is 28.9 Å². The minimum Gasteiger partial charge on any atom is -0.313 e. The zero-order valence-electron chi connectivity index (χ0n) is 13.9. The molecule has 1 atom stereocenters. The van der Waals surface area contributed by atoms with E-state index in [1.54, 1.807) is 36.2 Å². The SMILES string of the molecule is CCc1nncn1[C@H]1CCN(S(=O)(=O)c2c(C)nn(C)c2C)C1. The van der Waals surface area contributed by atoms with E-state index in [9.17, 15) is 8.42 Å². The maximum atomic E-state index is 13.0. The first kappa shape index (κ1) is 16.1. The van der Waals surface area contributed by atoms with Crippen LogP contribution in [-0.4, -0.2) is 50.4 Å². The van der Waals surface area contributed by atoms with Gasteiger partial charge in [-0.3, -0.25) is 4.68 Å². The van der Waals surface area contributed by atoms with Crippen LogP contribution in [0, 0.1) is 13.8 Å². The molecule has 9 heteroatoms. The van der Waals surface area contributed by atoms with Crippen molar-refractivity contribution in [1.29, 1.82) is 0 Å². The van der Waals surface area contributed by atoms with Crippen LogP contribution < -0.4 is 0 Å². The van der Waals surface area contributed by atoms with E-state index in [0.717, 1.165) is 18.7 Å². The Balaban J connectivity index is 1.89. The smallest absolute Gasteiger partial charge is 0.246 e. The summed E-state index contributed by atoms with van der Waals surface area (Å²) in [7, 11) is -1.76. The molecule has 23 heavy (non-hydrogen) atoms. The summed E-state index contributed by atoms with van der Waals surface area (Å²) in [6.07, 6.45) is 3.24. The molecule has 0 saturated carbocycles. The monoisotopic (exact) mass is 338 g/mol. The van der Waals surface area contributed by atoms with Gasteiger partial charge in [-0.05, 0) is 20.3 Å². The maximum Gasteiger partial charge on any atom is 0.246 e. The molecule has 0 amide bonds. The minimum absolute atomic E-state index is 0.0898. The lowest BCUT2D eigenvalue weighted by atomic mass is 10.2. The largest absolute Gasteiger partial charge is 0.313 e. The Bertz CT molecular complexity index is 822. The first-order valence-corrected chi connectivity index (χ1v) is 9.19. The summed E-state index contributed by atoms with van der Waals surface area (Å²) in [6.45, 7) is 6.49. The van der Waals surface area contributed by atoms with Crippen LogP contribution in [0.1, 0.15) is 36.6 Å².